The fourth-order valence-electron chi connectivity index (χ4n) is 1.66. The van der Waals surface area contributed by atoms with Gasteiger partial charge in [0.1, 0.15) is 0 Å². The molecular weight excluding hydrogens is 244 g/mol. The van der Waals surface area contributed by atoms with Gasteiger partial charge in [0.05, 0.1) is 6.54 Å². The zero-order valence-electron chi connectivity index (χ0n) is 11.8. The molecule has 4 heteroatoms. The minimum absolute atomic E-state index is 0.0728. The molecule has 1 heterocycles. The zero-order chi connectivity index (χ0) is 13.6. The summed E-state index contributed by atoms with van der Waals surface area (Å²) in [6, 6.07) is 2.13. The third kappa shape index (κ3) is 5.65. The van der Waals surface area contributed by atoms with Crippen LogP contribution < -0.4 is 10.6 Å². The van der Waals surface area contributed by atoms with Crippen LogP contribution >= 0.6 is 11.3 Å². The Bertz CT molecular complexity index is 379. The lowest BCUT2D eigenvalue weighted by Gasteiger charge is -2.20. The lowest BCUT2D eigenvalue weighted by Crippen LogP contribution is -2.38. The van der Waals surface area contributed by atoms with Crippen molar-refractivity contribution in [2.45, 2.75) is 52.6 Å². The van der Waals surface area contributed by atoms with Gasteiger partial charge in [-0.2, -0.15) is 0 Å². The molecule has 102 valence electrons. The highest BCUT2D eigenvalue weighted by Crippen LogP contribution is 2.16. The van der Waals surface area contributed by atoms with Crippen LogP contribution in [-0.2, 0) is 17.8 Å². The molecule has 0 aliphatic carbocycles. The second-order valence-electron chi connectivity index (χ2n) is 5.43. The summed E-state index contributed by atoms with van der Waals surface area (Å²) in [5, 5.41) is 8.37. The van der Waals surface area contributed by atoms with Crippen molar-refractivity contribution in [3.05, 3.63) is 21.9 Å². The zero-order valence-corrected chi connectivity index (χ0v) is 12.6. The monoisotopic (exact) mass is 268 g/mol. The van der Waals surface area contributed by atoms with Gasteiger partial charge in [-0.15, -0.1) is 11.3 Å². The molecule has 1 aromatic heterocycles. The summed E-state index contributed by atoms with van der Waals surface area (Å²) >= 11 is 1.71. The van der Waals surface area contributed by atoms with Gasteiger partial charge in [-0.1, -0.05) is 6.92 Å². The van der Waals surface area contributed by atoms with Gasteiger partial charge >= 0.3 is 0 Å². The lowest BCUT2D eigenvalue weighted by atomic mass is 10.1. The highest BCUT2D eigenvalue weighted by molar-refractivity contribution is 7.10. The van der Waals surface area contributed by atoms with Crippen molar-refractivity contribution in [3.8, 4) is 0 Å². The van der Waals surface area contributed by atoms with E-state index in [0.29, 0.717) is 13.0 Å². The summed E-state index contributed by atoms with van der Waals surface area (Å²) in [7, 11) is 0. The molecule has 0 fully saturated rings. The molecule has 0 radical (unpaired) electrons. The van der Waals surface area contributed by atoms with Gasteiger partial charge in [0, 0.05) is 23.4 Å². The highest BCUT2D eigenvalue weighted by atomic mass is 32.1. The molecule has 1 rings (SSSR count). The van der Waals surface area contributed by atoms with Crippen LogP contribution in [0.2, 0.25) is 0 Å². The number of carbonyl (C=O) groups excluding carboxylic acids is 1. The number of thiophene rings is 1. The average molecular weight is 268 g/mol. The molecule has 0 saturated heterocycles. The third-order valence-electron chi connectivity index (χ3n) is 2.67. The van der Waals surface area contributed by atoms with E-state index in [2.05, 4.69) is 49.8 Å². The molecule has 3 nitrogen and oxygen atoms in total. The number of rotatable bonds is 6. The van der Waals surface area contributed by atoms with Gasteiger partial charge in [-0.05, 0) is 44.2 Å². The van der Waals surface area contributed by atoms with Gasteiger partial charge in [-0.3, -0.25) is 4.79 Å². The Morgan fingerprint density at radius 1 is 1.39 bits per heavy atom. The van der Waals surface area contributed by atoms with Gasteiger partial charge in [0.2, 0.25) is 5.91 Å². The molecule has 1 aromatic rings. The first-order valence-electron chi connectivity index (χ1n) is 6.49. The standard InChI is InChI=1S/C14H24N2OS/c1-5-11-7-9-18-12(11)10-15-13(17)6-8-16-14(2,3)4/h7,9,16H,5-6,8,10H2,1-4H3,(H,15,17). The fourth-order valence-corrected chi connectivity index (χ4v) is 2.57. The van der Waals surface area contributed by atoms with E-state index in [1.165, 1.54) is 10.4 Å². The highest BCUT2D eigenvalue weighted by Gasteiger charge is 2.10. The Hall–Kier alpha value is -0.870. The molecule has 2 N–H and O–H groups in total. The van der Waals surface area contributed by atoms with Crippen molar-refractivity contribution in [2.75, 3.05) is 6.54 Å². The van der Waals surface area contributed by atoms with E-state index in [1.54, 1.807) is 11.3 Å². The normalized spacial score (nSPS) is 11.6. The van der Waals surface area contributed by atoms with E-state index in [0.717, 1.165) is 13.0 Å². The minimum atomic E-state index is 0.0728. The maximum atomic E-state index is 11.7. The summed E-state index contributed by atoms with van der Waals surface area (Å²) in [4.78, 5) is 13.0. The summed E-state index contributed by atoms with van der Waals surface area (Å²) in [6.07, 6.45) is 1.56. The van der Waals surface area contributed by atoms with Crippen LogP contribution in [0.3, 0.4) is 0 Å². The Kier molecular flexibility index (Phi) is 5.82. The van der Waals surface area contributed by atoms with Crippen molar-refractivity contribution < 1.29 is 4.79 Å². The van der Waals surface area contributed by atoms with E-state index in [-0.39, 0.29) is 11.4 Å². The molecule has 18 heavy (non-hydrogen) atoms. The SMILES string of the molecule is CCc1ccsc1CNC(=O)CCNC(C)(C)C. The quantitative estimate of drug-likeness (QED) is 0.833. The number of hydrogen-bond acceptors (Lipinski definition) is 3. The first kappa shape index (κ1) is 15.2. The third-order valence-corrected chi connectivity index (χ3v) is 3.64. The van der Waals surface area contributed by atoms with Crippen LogP contribution in [0.25, 0.3) is 0 Å². The molecule has 0 spiro atoms. The van der Waals surface area contributed by atoms with Gasteiger partial charge in [-0.25, -0.2) is 0 Å². The van der Waals surface area contributed by atoms with Crippen molar-refractivity contribution >= 4 is 17.2 Å². The van der Waals surface area contributed by atoms with Crippen molar-refractivity contribution in [3.63, 3.8) is 0 Å². The summed E-state index contributed by atoms with van der Waals surface area (Å²) in [5.74, 6) is 0.113. The molecule has 0 atom stereocenters. The van der Waals surface area contributed by atoms with Crippen LogP contribution in [0.1, 0.15) is 44.6 Å². The average Bonchev–Trinajstić information content (AvgIpc) is 2.71. The van der Waals surface area contributed by atoms with Gasteiger partial charge in [0.15, 0.2) is 0 Å². The van der Waals surface area contributed by atoms with Crippen LogP contribution in [0, 0.1) is 0 Å². The second-order valence-corrected chi connectivity index (χ2v) is 6.43. The number of amides is 1. The predicted octanol–water partition coefficient (Wildman–Crippen LogP) is 2.70. The summed E-state index contributed by atoms with van der Waals surface area (Å²) in [6.45, 7) is 9.83. The molecule has 0 bridgehead atoms. The van der Waals surface area contributed by atoms with E-state index in [9.17, 15) is 4.79 Å². The summed E-state index contributed by atoms with van der Waals surface area (Å²) < 4.78 is 0. The molecule has 0 aliphatic rings. The second kappa shape index (κ2) is 6.90. The Balaban J connectivity index is 2.25. The Morgan fingerprint density at radius 2 is 2.11 bits per heavy atom. The number of aryl methyl sites for hydroxylation is 1. The van der Waals surface area contributed by atoms with Crippen LogP contribution in [-0.4, -0.2) is 18.0 Å². The Labute approximate surface area is 114 Å². The van der Waals surface area contributed by atoms with Crippen molar-refractivity contribution in [2.24, 2.45) is 0 Å². The molecule has 0 unspecified atom stereocenters. The van der Waals surface area contributed by atoms with E-state index in [4.69, 9.17) is 0 Å². The summed E-state index contributed by atoms with van der Waals surface area (Å²) in [5.41, 5.74) is 1.41. The largest absolute Gasteiger partial charge is 0.351 e. The number of carbonyl (C=O) groups is 1. The smallest absolute Gasteiger partial charge is 0.221 e. The van der Waals surface area contributed by atoms with Gasteiger partial charge in [0.25, 0.3) is 0 Å². The van der Waals surface area contributed by atoms with Crippen molar-refractivity contribution in [1.82, 2.24) is 10.6 Å². The van der Waals surface area contributed by atoms with E-state index in [1.807, 2.05) is 0 Å². The lowest BCUT2D eigenvalue weighted by molar-refractivity contribution is -0.121. The fraction of sp³-hybridized carbons (Fsp3) is 0.643. The topological polar surface area (TPSA) is 41.1 Å². The Morgan fingerprint density at radius 3 is 2.72 bits per heavy atom. The van der Waals surface area contributed by atoms with E-state index >= 15 is 0 Å². The minimum Gasteiger partial charge on any atom is -0.351 e. The van der Waals surface area contributed by atoms with Crippen LogP contribution in [0.4, 0.5) is 0 Å². The van der Waals surface area contributed by atoms with E-state index < -0.39 is 0 Å². The predicted molar refractivity (Wildman–Crippen MR) is 77.9 cm³/mol. The molecule has 0 aliphatic heterocycles. The number of nitrogens with one attached hydrogen (secondary N) is 2. The maximum Gasteiger partial charge on any atom is 0.221 e. The number of hydrogen-bond donors (Lipinski definition) is 2. The van der Waals surface area contributed by atoms with Crippen LogP contribution in [0.15, 0.2) is 11.4 Å². The molecular formula is C14H24N2OS. The first-order chi connectivity index (χ1) is 8.42. The van der Waals surface area contributed by atoms with Crippen molar-refractivity contribution in [1.29, 1.82) is 0 Å². The molecule has 0 aromatic carbocycles. The van der Waals surface area contributed by atoms with Gasteiger partial charge < -0.3 is 10.6 Å². The maximum absolute atomic E-state index is 11.7. The molecule has 0 saturated carbocycles. The first-order valence-corrected chi connectivity index (χ1v) is 7.37. The van der Waals surface area contributed by atoms with Crippen LogP contribution in [0.5, 0.6) is 0 Å². The molecule has 1 amide bonds.